The van der Waals surface area contributed by atoms with E-state index in [-0.39, 0.29) is 0 Å². The van der Waals surface area contributed by atoms with Gasteiger partial charge in [-0.1, -0.05) is 36.4 Å². The van der Waals surface area contributed by atoms with Crippen LogP contribution < -0.4 is 4.90 Å². The largest absolute Gasteiger partial charge is 0.356 e. The Bertz CT molecular complexity index is 1310. The molecule has 1 amide bonds. The highest BCUT2D eigenvalue weighted by Gasteiger charge is 2.28. The van der Waals surface area contributed by atoms with Gasteiger partial charge < -0.3 is 9.80 Å². The minimum atomic E-state index is 0.340. The number of anilines is 1. The molecule has 2 fully saturated rings. The second-order valence-electron chi connectivity index (χ2n) is 9.50. The van der Waals surface area contributed by atoms with Crippen LogP contribution in [-0.4, -0.2) is 51.9 Å². The number of hydrogen-bond acceptors (Lipinski definition) is 6. The van der Waals surface area contributed by atoms with Crippen molar-refractivity contribution in [3.63, 3.8) is 0 Å². The molecule has 1 aromatic carbocycles. The summed E-state index contributed by atoms with van der Waals surface area (Å²) >= 11 is 1.66. The fraction of sp³-hybridized carbons (Fsp3) is 0.357. The number of nitrogens with zero attached hydrogens (tertiary/aromatic N) is 5. The van der Waals surface area contributed by atoms with Crippen molar-refractivity contribution in [1.29, 1.82) is 0 Å². The van der Waals surface area contributed by atoms with Gasteiger partial charge in [-0.05, 0) is 49.3 Å². The number of carbonyl (C=O) groups is 1. The van der Waals surface area contributed by atoms with E-state index in [9.17, 15) is 4.79 Å². The normalized spacial score (nSPS) is 16.8. The van der Waals surface area contributed by atoms with Gasteiger partial charge in [0.2, 0.25) is 5.91 Å². The summed E-state index contributed by atoms with van der Waals surface area (Å²) in [6.07, 6.45) is 6.78. The zero-order valence-electron chi connectivity index (χ0n) is 19.8. The third-order valence-electron chi connectivity index (χ3n) is 7.23. The van der Waals surface area contributed by atoms with E-state index in [1.807, 2.05) is 24.3 Å². The predicted molar refractivity (Wildman–Crippen MR) is 141 cm³/mol. The Hall–Kier alpha value is -3.32. The van der Waals surface area contributed by atoms with Crippen LogP contribution in [-0.2, 0) is 4.79 Å². The molecule has 0 radical (unpaired) electrons. The number of piperidine rings is 1. The van der Waals surface area contributed by atoms with Gasteiger partial charge in [-0.2, -0.15) is 0 Å². The minimum Gasteiger partial charge on any atom is -0.356 e. The third-order valence-corrected chi connectivity index (χ3v) is 8.10. The first-order chi connectivity index (χ1) is 17.3. The molecule has 7 heteroatoms. The van der Waals surface area contributed by atoms with Crippen LogP contribution in [0.25, 0.3) is 32.9 Å². The summed E-state index contributed by atoms with van der Waals surface area (Å²) in [5.74, 6) is 2.44. The lowest BCUT2D eigenvalue weighted by molar-refractivity contribution is -0.131. The molecule has 35 heavy (non-hydrogen) atoms. The number of hydrogen-bond donors (Lipinski definition) is 0. The molecule has 6 rings (SSSR count). The van der Waals surface area contributed by atoms with Gasteiger partial charge in [-0.25, -0.2) is 9.97 Å². The number of carbonyl (C=O) groups excluding carboxylic acids is 1. The Morgan fingerprint density at radius 2 is 1.71 bits per heavy atom. The van der Waals surface area contributed by atoms with Crippen LogP contribution in [0.3, 0.4) is 0 Å². The highest BCUT2D eigenvalue weighted by molar-refractivity contribution is 7.17. The fourth-order valence-corrected chi connectivity index (χ4v) is 6.23. The Morgan fingerprint density at radius 3 is 2.46 bits per heavy atom. The van der Waals surface area contributed by atoms with Crippen LogP contribution in [0, 0.1) is 5.92 Å². The van der Waals surface area contributed by atoms with Gasteiger partial charge in [-0.15, -0.1) is 11.3 Å². The lowest BCUT2D eigenvalue weighted by Crippen LogP contribution is -2.37. The van der Waals surface area contributed by atoms with Gasteiger partial charge in [0.25, 0.3) is 0 Å². The van der Waals surface area contributed by atoms with E-state index in [0.717, 1.165) is 73.6 Å². The molecule has 5 heterocycles. The molecule has 178 valence electrons. The first kappa shape index (κ1) is 22.2. The standard InChI is InChI=1S/C28H29N5OS/c34-24(32-14-6-7-15-32)18-20-11-16-33(17-12-20)27-25-22(21-8-2-1-3-9-21)19-35-28(25)31-26(30-27)23-10-4-5-13-29-23/h1-5,8-10,13,19-20H,6-7,11-12,14-18H2. The van der Waals surface area contributed by atoms with Crippen LogP contribution in [0.5, 0.6) is 0 Å². The van der Waals surface area contributed by atoms with Crippen molar-refractivity contribution in [1.82, 2.24) is 19.9 Å². The molecular weight excluding hydrogens is 454 g/mol. The van der Waals surface area contributed by atoms with E-state index >= 15 is 0 Å². The van der Waals surface area contributed by atoms with Crippen LogP contribution in [0.1, 0.15) is 32.1 Å². The molecule has 4 aromatic rings. The number of pyridine rings is 1. The summed E-state index contributed by atoms with van der Waals surface area (Å²) in [6, 6.07) is 16.3. The molecule has 0 saturated carbocycles. The van der Waals surface area contributed by atoms with Crippen LogP contribution in [0.15, 0.2) is 60.1 Å². The molecule has 6 nitrogen and oxygen atoms in total. The maximum Gasteiger partial charge on any atom is 0.222 e. The maximum absolute atomic E-state index is 12.7. The molecular formula is C28H29N5OS. The van der Waals surface area contributed by atoms with E-state index in [1.165, 1.54) is 11.1 Å². The Labute approximate surface area is 209 Å². The second kappa shape index (κ2) is 9.74. The number of fused-ring (bicyclic) bond motifs is 1. The zero-order chi connectivity index (χ0) is 23.6. The van der Waals surface area contributed by atoms with Crippen molar-refractivity contribution in [2.45, 2.75) is 32.1 Å². The van der Waals surface area contributed by atoms with E-state index in [0.29, 0.717) is 24.1 Å². The number of amides is 1. The van der Waals surface area contributed by atoms with Gasteiger partial charge >= 0.3 is 0 Å². The number of rotatable bonds is 5. The van der Waals surface area contributed by atoms with E-state index in [4.69, 9.17) is 9.97 Å². The van der Waals surface area contributed by atoms with Crippen molar-refractivity contribution < 1.29 is 4.79 Å². The molecule has 0 N–H and O–H groups in total. The topological polar surface area (TPSA) is 62.2 Å². The van der Waals surface area contributed by atoms with Crippen molar-refractivity contribution in [3.8, 4) is 22.6 Å². The summed E-state index contributed by atoms with van der Waals surface area (Å²) in [7, 11) is 0. The fourth-order valence-electron chi connectivity index (χ4n) is 5.28. The lowest BCUT2D eigenvalue weighted by atomic mass is 9.92. The van der Waals surface area contributed by atoms with Crippen molar-refractivity contribution in [2.75, 3.05) is 31.1 Å². The molecule has 2 aliphatic heterocycles. The van der Waals surface area contributed by atoms with Gasteiger partial charge in [0.15, 0.2) is 5.82 Å². The third kappa shape index (κ3) is 4.52. The van der Waals surface area contributed by atoms with Gasteiger partial charge in [0.05, 0.1) is 5.39 Å². The predicted octanol–water partition coefficient (Wildman–Crippen LogP) is 5.65. The molecule has 0 atom stereocenters. The van der Waals surface area contributed by atoms with Crippen molar-refractivity contribution >= 4 is 33.3 Å². The summed E-state index contributed by atoms with van der Waals surface area (Å²) in [6.45, 7) is 3.67. The highest BCUT2D eigenvalue weighted by Crippen LogP contribution is 2.40. The van der Waals surface area contributed by atoms with E-state index in [2.05, 4.69) is 44.4 Å². The molecule has 2 aliphatic rings. The molecule has 0 bridgehead atoms. The maximum atomic E-state index is 12.7. The molecule has 0 aliphatic carbocycles. The summed E-state index contributed by atoms with van der Waals surface area (Å²) in [5.41, 5.74) is 3.15. The number of likely N-dealkylation sites (tertiary alicyclic amines) is 1. The summed E-state index contributed by atoms with van der Waals surface area (Å²) < 4.78 is 0. The molecule has 2 saturated heterocycles. The summed E-state index contributed by atoms with van der Waals surface area (Å²) in [5, 5.41) is 3.31. The SMILES string of the molecule is O=C(CC1CCN(c2nc(-c3ccccn3)nc3scc(-c4ccccc4)c23)CC1)N1CCCC1. The zero-order valence-corrected chi connectivity index (χ0v) is 20.6. The Kier molecular flexibility index (Phi) is 6.17. The average molecular weight is 484 g/mol. The number of aromatic nitrogens is 3. The molecule has 3 aromatic heterocycles. The van der Waals surface area contributed by atoms with Crippen LogP contribution in [0.4, 0.5) is 5.82 Å². The van der Waals surface area contributed by atoms with Crippen molar-refractivity contribution in [3.05, 3.63) is 60.1 Å². The number of benzene rings is 1. The number of thiophene rings is 1. The quantitative estimate of drug-likeness (QED) is 0.367. The average Bonchev–Trinajstić information content (AvgIpc) is 3.60. The Balaban J connectivity index is 1.32. The van der Waals surface area contributed by atoms with E-state index < -0.39 is 0 Å². The smallest absolute Gasteiger partial charge is 0.222 e. The van der Waals surface area contributed by atoms with E-state index in [1.54, 1.807) is 17.5 Å². The van der Waals surface area contributed by atoms with Gasteiger partial charge in [0, 0.05) is 49.7 Å². The Morgan fingerprint density at radius 1 is 0.943 bits per heavy atom. The van der Waals surface area contributed by atoms with Gasteiger partial charge in [-0.3, -0.25) is 9.78 Å². The first-order valence-corrected chi connectivity index (χ1v) is 13.4. The molecule has 0 unspecified atom stereocenters. The first-order valence-electron chi connectivity index (χ1n) is 12.5. The highest BCUT2D eigenvalue weighted by atomic mass is 32.1. The minimum absolute atomic E-state index is 0.340. The van der Waals surface area contributed by atoms with Crippen molar-refractivity contribution in [2.24, 2.45) is 5.92 Å². The summed E-state index contributed by atoms with van der Waals surface area (Å²) in [4.78, 5) is 32.6. The second-order valence-corrected chi connectivity index (χ2v) is 10.4. The van der Waals surface area contributed by atoms with Crippen LogP contribution >= 0.6 is 11.3 Å². The monoisotopic (exact) mass is 483 g/mol. The van der Waals surface area contributed by atoms with Gasteiger partial charge in [0.1, 0.15) is 16.3 Å². The van der Waals surface area contributed by atoms with Crippen LogP contribution in [0.2, 0.25) is 0 Å². The molecule has 0 spiro atoms. The lowest BCUT2D eigenvalue weighted by Gasteiger charge is -2.33.